The fourth-order valence-corrected chi connectivity index (χ4v) is 11.8. The van der Waals surface area contributed by atoms with Gasteiger partial charge in [-0.3, -0.25) is 31.7 Å². The van der Waals surface area contributed by atoms with Crippen LogP contribution >= 0.6 is 108 Å². The molecule has 1 saturated heterocycles. The maximum Gasteiger partial charge on any atom is 1.00 e. The molecule has 35 heteroatoms. The van der Waals surface area contributed by atoms with Crippen molar-refractivity contribution in [2.45, 2.75) is 217 Å². The van der Waals surface area contributed by atoms with Crippen molar-refractivity contribution in [3.05, 3.63) is 0 Å². The monoisotopic (exact) mass is 1440 g/mol. The SMILES string of the molecule is C.C.C.C.C.C.C.C.C.C.CC.CC1CO[P+](=O)O1.COCC(C)OP(C)(=O)Cl.COCC(C)O[P+](C)=O.ClCl.NC1CCC1.[3H]C(P)OP(=O)(OCC(C)OP(C)(=O)NC1CCC1)OC(C)COP(=O)(Cl)OC(C)COC.[3H]CP.[Na+].[OH-]. The molecule has 1 aliphatic heterocycles. The van der Waals surface area contributed by atoms with Crippen LogP contribution in [-0.4, -0.2) is 148 Å². The Morgan fingerprint density at radius 2 is 1.07 bits per heavy atom. The Labute approximate surface area is 550 Å². The second-order valence-electron chi connectivity index (χ2n) is 14.6. The van der Waals surface area contributed by atoms with E-state index < -0.39 is 69.9 Å². The molecule has 22 nitrogen and oxygen atoms in total. The largest absolute Gasteiger partial charge is 1.00 e. The van der Waals surface area contributed by atoms with Crippen molar-refractivity contribution in [1.82, 2.24) is 5.09 Å². The number of ether oxygens (including phenoxy) is 3. The van der Waals surface area contributed by atoms with E-state index in [1.165, 1.54) is 53.3 Å². The van der Waals surface area contributed by atoms with E-state index in [4.69, 9.17) is 81.4 Å². The topological polar surface area (TPSA) is 290 Å². The molecule has 4 N–H and O–H groups in total. The van der Waals surface area contributed by atoms with Gasteiger partial charge in [0, 0.05) is 85.6 Å². The summed E-state index contributed by atoms with van der Waals surface area (Å²) in [5, 5.41) is 2.97. The third-order valence-corrected chi connectivity index (χ3v) is 14.9. The zero-order chi connectivity index (χ0) is 56.4. The van der Waals surface area contributed by atoms with E-state index in [1.807, 2.05) is 36.9 Å². The van der Waals surface area contributed by atoms with E-state index in [0.29, 0.717) is 32.5 Å². The zero-order valence-corrected chi connectivity index (χ0v) is 56.7. The second-order valence-corrected chi connectivity index (χ2v) is 26.7. The Morgan fingerprint density at radius 3 is 1.36 bits per heavy atom. The van der Waals surface area contributed by atoms with Crippen molar-refractivity contribution in [2.75, 3.05) is 93.9 Å². The van der Waals surface area contributed by atoms with E-state index in [0.717, 1.165) is 19.3 Å². The van der Waals surface area contributed by atoms with Crippen molar-refractivity contribution in [3.8, 4) is 0 Å². The summed E-state index contributed by atoms with van der Waals surface area (Å²) in [4.78, 5) is 0. The Bertz CT molecular complexity index is 1530. The molecule has 15 atom stereocenters. The molecule has 508 valence electrons. The Kier molecular flexibility index (Phi) is 120. The minimum atomic E-state index is -4.27. The molecule has 2 saturated carbocycles. The first-order valence-electron chi connectivity index (χ1n) is 22.8. The van der Waals surface area contributed by atoms with Gasteiger partial charge in [-0.25, -0.2) is 14.2 Å². The summed E-state index contributed by atoms with van der Waals surface area (Å²) in [7, 11) is 6.46. The van der Waals surface area contributed by atoms with Gasteiger partial charge in [0.25, 0.3) is 14.2 Å². The minimum absolute atomic E-state index is 0. The van der Waals surface area contributed by atoms with Crippen molar-refractivity contribution >= 4 is 108 Å². The van der Waals surface area contributed by atoms with E-state index in [9.17, 15) is 27.4 Å². The zero-order valence-electron chi connectivity index (χ0n) is 46.0. The number of methoxy groups -OCH3 is 3. The van der Waals surface area contributed by atoms with Gasteiger partial charge in [0.05, 0.1) is 65.1 Å². The van der Waals surface area contributed by atoms with Crippen molar-refractivity contribution in [3.63, 3.8) is 0 Å². The van der Waals surface area contributed by atoms with Gasteiger partial charge in [-0.1, -0.05) is 108 Å². The maximum atomic E-state index is 13.0. The van der Waals surface area contributed by atoms with E-state index in [1.54, 1.807) is 35.0 Å². The molecular weight excluding hydrogens is 1310 g/mol. The summed E-state index contributed by atoms with van der Waals surface area (Å²) in [5.41, 5.74) is 5.38. The van der Waals surface area contributed by atoms with E-state index >= 15 is 0 Å². The molecule has 15 unspecified atom stereocenters. The number of hydrogen-bond donors (Lipinski definition) is 2. The minimum Gasteiger partial charge on any atom is -0.870 e. The van der Waals surface area contributed by atoms with Gasteiger partial charge < -0.3 is 34.5 Å². The summed E-state index contributed by atoms with van der Waals surface area (Å²) in [6.07, 6.45) is 3.03. The third kappa shape index (κ3) is 90.0. The van der Waals surface area contributed by atoms with Gasteiger partial charge >= 0.3 is 60.6 Å². The van der Waals surface area contributed by atoms with Crippen molar-refractivity contribution < 1.29 is 125 Å². The van der Waals surface area contributed by atoms with Crippen molar-refractivity contribution in [1.29, 1.82) is 0 Å². The van der Waals surface area contributed by atoms with Gasteiger partial charge in [0.1, 0.15) is 18.8 Å². The molecule has 0 amide bonds. The molecule has 0 aromatic heterocycles. The third-order valence-electron chi connectivity index (χ3n) is 7.37. The molecule has 0 aromatic rings. The Hall–Kier alpha value is 3.50. The van der Waals surface area contributed by atoms with Crippen LogP contribution in [0.2, 0.25) is 0 Å². The van der Waals surface area contributed by atoms with E-state index in [2.05, 4.69) is 45.1 Å². The quantitative estimate of drug-likeness (QED) is 0.0601. The first-order valence-corrected chi connectivity index (χ1v) is 35.8. The smallest absolute Gasteiger partial charge is 0.870 e. The maximum absolute atomic E-state index is 13.0. The molecular formula is C46H127Cl4N2NaO20P8+2. The predicted molar refractivity (Wildman–Crippen MR) is 358 cm³/mol. The number of phosphoric ester groups is 1. The average molecular weight is 1450 g/mol. The first-order chi connectivity index (χ1) is 32.9. The molecule has 0 aromatic carbocycles. The summed E-state index contributed by atoms with van der Waals surface area (Å²) in [6, 6.07) is 0.725. The second kappa shape index (κ2) is 79.6. The summed E-state index contributed by atoms with van der Waals surface area (Å²) >= 11 is 11.1. The van der Waals surface area contributed by atoms with Gasteiger partial charge in [-0.05, 0) is 83.0 Å². The van der Waals surface area contributed by atoms with Gasteiger partial charge in [0.15, 0.2) is 6.66 Å². The average Bonchev–Trinajstić information content (AvgIpc) is 3.60. The van der Waals surface area contributed by atoms with Crippen LogP contribution in [0.4, 0.5) is 0 Å². The van der Waals surface area contributed by atoms with Crippen LogP contribution in [0.25, 0.3) is 0 Å². The molecule has 3 aliphatic rings. The summed E-state index contributed by atoms with van der Waals surface area (Å²) < 4.78 is 147. The molecule has 3 fully saturated rings. The van der Waals surface area contributed by atoms with Crippen LogP contribution in [0.15, 0.2) is 0 Å². The van der Waals surface area contributed by atoms with Crippen LogP contribution < -0.4 is 40.4 Å². The number of nitrogens with two attached hydrogens (primary N) is 1. The number of phosphoric acid groups is 1. The summed E-state index contributed by atoms with van der Waals surface area (Å²) in [5.74, 6) is 0. The molecule has 0 bridgehead atoms. The molecule has 1 heterocycles. The fraction of sp³-hybridized carbons (Fsp3) is 1.00. The van der Waals surface area contributed by atoms with Gasteiger partial charge in [-0.2, -0.15) is 0 Å². The Balaban J connectivity index is -0.0000000483. The number of nitrogens with one attached hydrogen (secondary N) is 1. The van der Waals surface area contributed by atoms with Crippen LogP contribution in [0, 0.1) is 0 Å². The molecule has 81 heavy (non-hydrogen) atoms. The molecule has 2 aliphatic carbocycles. The Morgan fingerprint density at radius 1 is 0.716 bits per heavy atom. The predicted octanol–water partition coefficient (Wildman–Crippen LogP) is 16.3. The molecule has 0 radical (unpaired) electrons. The standard InChI is InChI=1S/C16H36ClNO10P4.C5H12ClO3P.C5H12O3P.C4H9N.C3H6O3P.C2H6.CH5P.10CH4.Cl2.Na.H2O/c1-13(9-22-4)27-31(17,20)23-10-15(3)28-32(21,25-12-29)24-11-14(2)26-30(5,19)18-16-7-6-8-16;1-5(4-8-2)9-10(3,6)7;1-5(4-7-2)8-9(3)6;5-4-2-1-3-4;1-3-2-5-7(4)6-3;2*1-2;;;;;;;;;;;1-2;;/h13-16H,6-12,29H2,1-5H3,(H,18,19);5H,4H2,1-3H3;5H,4H2,1-3H3;4H,1-3,5H2;3H,2H2,1H3;1-2H3;2H2,1H3;10*1H4;;;1H2/q;;+1;;+1;;;;;;;;;;;;;;+1;/p-1/i12T;;;;;;1T;;;;;;;;;;;;;. The first kappa shape index (κ1) is 122. The van der Waals surface area contributed by atoms with Gasteiger partial charge in [0.2, 0.25) is 0 Å². The van der Waals surface area contributed by atoms with E-state index in [-0.39, 0.29) is 153 Å². The molecule has 3 rings (SSSR count). The van der Waals surface area contributed by atoms with Crippen molar-refractivity contribution in [2.24, 2.45) is 5.73 Å². The number of rotatable bonds is 26. The van der Waals surface area contributed by atoms with Crippen LogP contribution in [-0.2, 0) is 86.8 Å². The number of hydrogen-bond acceptors (Lipinski definition) is 21. The van der Waals surface area contributed by atoms with Crippen LogP contribution in [0.5, 0.6) is 0 Å². The molecule has 0 spiro atoms. The fourth-order valence-electron chi connectivity index (χ4n) is 4.50. The van der Waals surface area contributed by atoms with Crippen LogP contribution in [0.3, 0.4) is 0 Å². The summed E-state index contributed by atoms with van der Waals surface area (Å²) in [6.45, 7) is 12.9. The number of halogens is 4. The normalized spacial score (nSPS) is 19.1. The van der Waals surface area contributed by atoms with Crippen LogP contribution in [0.1, 0.15) is 171 Å². The van der Waals surface area contributed by atoms with Gasteiger partial charge in [-0.15, -0.1) is 32.1 Å².